The Labute approximate surface area is 115 Å². The van der Waals surface area contributed by atoms with Crippen molar-refractivity contribution in [3.63, 3.8) is 0 Å². The number of hydrogen-bond donors (Lipinski definition) is 1. The van der Waals surface area contributed by atoms with Gasteiger partial charge in [0.2, 0.25) is 6.79 Å². The van der Waals surface area contributed by atoms with E-state index >= 15 is 0 Å². The van der Waals surface area contributed by atoms with Gasteiger partial charge in [-0.25, -0.2) is 4.79 Å². The third-order valence-electron chi connectivity index (χ3n) is 2.94. The zero-order valence-electron chi connectivity index (χ0n) is 10.8. The molecule has 0 bridgehead atoms. The molecule has 20 heavy (non-hydrogen) atoms. The Balaban J connectivity index is 1.95. The molecule has 0 fully saturated rings. The lowest BCUT2D eigenvalue weighted by molar-refractivity contribution is 0.0694. The van der Waals surface area contributed by atoms with Gasteiger partial charge in [0.15, 0.2) is 11.5 Å². The largest absolute Gasteiger partial charge is 0.478 e. The van der Waals surface area contributed by atoms with Crippen LogP contribution in [0.1, 0.15) is 15.9 Å². The van der Waals surface area contributed by atoms with E-state index in [-0.39, 0.29) is 12.4 Å². The standard InChI is InChI=1S/C15H12O5/c1-9-2-4-11(15(16)17)13(6-9)20-10-3-5-12-14(7-10)19-8-18-12/h2-7H,8H2,1H3,(H,16,17). The van der Waals surface area contributed by atoms with Gasteiger partial charge in [0.1, 0.15) is 17.1 Å². The summed E-state index contributed by atoms with van der Waals surface area (Å²) in [7, 11) is 0. The second kappa shape index (κ2) is 4.77. The van der Waals surface area contributed by atoms with Crippen molar-refractivity contribution in [3.8, 4) is 23.0 Å². The fourth-order valence-corrected chi connectivity index (χ4v) is 1.96. The molecule has 3 rings (SSSR count). The Morgan fingerprint density at radius 3 is 2.75 bits per heavy atom. The minimum atomic E-state index is -1.03. The summed E-state index contributed by atoms with van der Waals surface area (Å²) >= 11 is 0. The van der Waals surface area contributed by atoms with Crippen LogP contribution in [-0.2, 0) is 0 Å². The summed E-state index contributed by atoms with van der Waals surface area (Å²) in [5.41, 5.74) is 1.04. The Bertz CT molecular complexity index is 678. The first kappa shape index (κ1) is 12.3. The van der Waals surface area contributed by atoms with E-state index in [0.717, 1.165) is 5.56 Å². The summed E-state index contributed by atoms with van der Waals surface area (Å²) in [6.07, 6.45) is 0. The number of benzene rings is 2. The quantitative estimate of drug-likeness (QED) is 0.929. The molecule has 0 aromatic heterocycles. The van der Waals surface area contributed by atoms with Gasteiger partial charge in [-0.1, -0.05) is 6.07 Å². The number of hydrogen-bond acceptors (Lipinski definition) is 4. The predicted molar refractivity (Wildman–Crippen MR) is 70.8 cm³/mol. The molecule has 0 radical (unpaired) electrons. The van der Waals surface area contributed by atoms with E-state index in [1.165, 1.54) is 6.07 Å². The van der Waals surface area contributed by atoms with Crippen LogP contribution in [0.15, 0.2) is 36.4 Å². The third kappa shape index (κ3) is 2.25. The highest BCUT2D eigenvalue weighted by Crippen LogP contribution is 2.37. The van der Waals surface area contributed by atoms with Crippen molar-refractivity contribution in [2.24, 2.45) is 0 Å². The second-order valence-electron chi connectivity index (χ2n) is 4.42. The molecule has 1 N–H and O–H groups in total. The molecule has 0 unspecified atom stereocenters. The summed E-state index contributed by atoms with van der Waals surface area (Å²) in [6, 6.07) is 10.1. The highest BCUT2D eigenvalue weighted by molar-refractivity contribution is 5.91. The Morgan fingerprint density at radius 2 is 1.95 bits per heavy atom. The van der Waals surface area contributed by atoms with Crippen LogP contribution in [0.5, 0.6) is 23.0 Å². The van der Waals surface area contributed by atoms with Crippen LogP contribution in [0.3, 0.4) is 0 Å². The Morgan fingerprint density at radius 1 is 1.15 bits per heavy atom. The van der Waals surface area contributed by atoms with Crippen molar-refractivity contribution < 1.29 is 24.1 Å². The first-order chi connectivity index (χ1) is 9.63. The molecule has 0 atom stereocenters. The highest BCUT2D eigenvalue weighted by atomic mass is 16.7. The van der Waals surface area contributed by atoms with Gasteiger partial charge >= 0.3 is 5.97 Å². The molecule has 0 saturated heterocycles. The molecule has 1 heterocycles. The van der Waals surface area contributed by atoms with Crippen molar-refractivity contribution in [1.82, 2.24) is 0 Å². The minimum Gasteiger partial charge on any atom is -0.478 e. The van der Waals surface area contributed by atoms with E-state index < -0.39 is 5.97 Å². The number of aryl methyl sites for hydroxylation is 1. The number of ether oxygens (including phenoxy) is 3. The number of aromatic carboxylic acids is 1. The maximum absolute atomic E-state index is 11.2. The molecule has 1 aliphatic rings. The normalized spacial score (nSPS) is 12.2. The molecule has 5 heteroatoms. The lowest BCUT2D eigenvalue weighted by atomic mass is 10.1. The van der Waals surface area contributed by atoms with Crippen LogP contribution in [-0.4, -0.2) is 17.9 Å². The number of fused-ring (bicyclic) bond motifs is 1. The van der Waals surface area contributed by atoms with Gasteiger partial charge < -0.3 is 19.3 Å². The van der Waals surface area contributed by atoms with E-state index in [4.69, 9.17) is 19.3 Å². The molecule has 2 aromatic carbocycles. The number of carboxylic acids is 1. The van der Waals surface area contributed by atoms with Crippen LogP contribution in [0.25, 0.3) is 0 Å². The Kier molecular flexibility index (Phi) is 2.95. The molecular weight excluding hydrogens is 260 g/mol. The van der Waals surface area contributed by atoms with Gasteiger partial charge in [0.05, 0.1) is 0 Å². The monoisotopic (exact) mass is 272 g/mol. The maximum Gasteiger partial charge on any atom is 0.339 e. The highest BCUT2D eigenvalue weighted by Gasteiger charge is 2.16. The van der Waals surface area contributed by atoms with Gasteiger partial charge in [0, 0.05) is 6.07 Å². The van der Waals surface area contributed by atoms with Crippen molar-refractivity contribution in [2.45, 2.75) is 6.92 Å². The SMILES string of the molecule is Cc1ccc(C(=O)O)c(Oc2ccc3c(c2)OCO3)c1. The fourth-order valence-electron chi connectivity index (χ4n) is 1.96. The topological polar surface area (TPSA) is 65.0 Å². The fraction of sp³-hybridized carbons (Fsp3) is 0.133. The van der Waals surface area contributed by atoms with Crippen molar-refractivity contribution in [3.05, 3.63) is 47.5 Å². The molecule has 2 aromatic rings. The summed E-state index contributed by atoms with van der Waals surface area (Å²) in [6.45, 7) is 2.06. The van der Waals surface area contributed by atoms with Gasteiger partial charge in [-0.2, -0.15) is 0 Å². The first-order valence-electron chi connectivity index (χ1n) is 6.05. The van der Waals surface area contributed by atoms with Crippen molar-refractivity contribution in [2.75, 3.05) is 6.79 Å². The van der Waals surface area contributed by atoms with Crippen molar-refractivity contribution >= 4 is 5.97 Å². The molecule has 102 valence electrons. The van der Waals surface area contributed by atoms with E-state index in [0.29, 0.717) is 23.0 Å². The smallest absolute Gasteiger partial charge is 0.339 e. The van der Waals surface area contributed by atoms with Gasteiger partial charge in [0.25, 0.3) is 0 Å². The van der Waals surface area contributed by atoms with Crippen LogP contribution in [0.2, 0.25) is 0 Å². The van der Waals surface area contributed by atoms with Crippen LogP contribution >= 0.6 is 0 Å². The molecule has 0 spiro atoms. The van der Waals surface area contributed by atoms with E-state index in [2.05, 4.69) is 0 Å². The average molecular weight is 272 g/mol. The average Bonchev–Trinajstić information content (AvgIpc) is 2.85. The van der Waals surface area contributed by atoms with Crippen molar-refractivity contribution in [1.29, 1.82) is 0 Å². The molecular formula is C15H12O5. The summed E-state index contributed by atoms with van der Waals surface area (Å²) < 4.78 is 16.1. The lowest BCUT2D eigenvalue weighted by Crippen LogP contribution is -2.00. The summed E-state index contributed by atoms with van der Waals surface area (Å²) in [5.74, 6) is 1.02. The Hall–Kier alpha value is -2.69. The summed E-state index contributed by atoms with van der Waals surface area (Å²) in [4.78, 5) is 11.2. The van der Waals surface area contributed by atoms with Crippen LogP contribution in [0, 0.1) is 6.92 Å². The second-order valence-corrected chi connectivity index (χ2v) is 4.42. The number of carboxylic acid groups (broad SMARTS) is 1. The van der Waals surface area contributed by atoms with Gasteiger partial charge in [-0.15, -0.1) is 0 Å². The van der Waals surface area contributed by atoms with E-state index in [1.807, 2.05) is 6.92 Å². The maximum atomic E-state index is 11.2. The predicted octanol–water partition coefficient (Wildman–Crippen LogP) is 3.21. The number of rotatable bonds is 3. The number of carbonyl (C=O) groups is 1. The van der Waals surface area contributed by atoms with Crippen LogP contribution in [0.4, 0.5) is 0 Å². The third-order valence-corrected chi connectivity index (χ3v) is 2.94. The minimum absolute atomic E-state index is 0.119. The zero-order chi connectivity index (χ0) is 14.1. The zero-order valence-corrected chi connectivity index (χ0v) is 10.8. The molecule has 0 amide bonds. The van der Waals surface area contributed by atoms with Crippen LogP contribution < -0.4 is 14.2 Å². The first-order valence-corrected chi connectivity index (χ1v) is 6.05. The van der Waals surface area contributed by atoms with E-state index in [1.54, 1.807) is 30.3 Å². The molecule has 0 aliphatic carbocycles. The van der Waals surface area contributed by atoms with Gasteiger partial charge in [-0.3, -0.25) is 0 Å². The van der Waals surface area contributed by atoms with E-state index in [9.17, 15) is 4.79 Å². The molecule has 1 aliphatic heterocycles. The van der Waals surface area contributed by atoms with Gasteiger partial charge in [-0.05, 0) is 36.8 Å². The molecule has 0 saturated carbocycles. The lowest BCUT2D eigenvalue weighted by Gasteiger charge is -2.10. The summed E-state index contributed by atoms with van der Waals surface area (Å²) in [5, 5.41) is 9.16. The molecule has 5 nitrogen and oxygen atoms in total.